The summed E-state index contributed by atoms with van der Waals surface area (Å²) in [7, 11) is -3.19. The van der Waals surface area contributed by atoms with E-state index in [1.165, 1.54) is 15.6 Å². The van der Waals surface area contributed by atoms with Gasteiger partial charge in [-0.15, -0.1) is 11.3 Å². The summed E-state index contributed by atoms with van der Waals surface area (Å²) in [6.07, 6.45) is 0.640. The number of amides is 1. The van der Waals surface area contributed by atoms with Gasteiger partial charge in [0.05, 0.1) is 27.2 Å². The molecule has 6 nitrogen and oxygen atoms in total. The zero-order valence-electron chi connectivity index (χ0n) is 13.2. The molecule has 0 atom stereocenters. The monoisotopic (exact) mass is 373 g/mol. The third kappa shape index (κ3) is 3.10. The van der Waals surface area contributed by atoms with E-state index in [9.17, 15) is 13.2 Å². The molecule has 2 heterocycles. The Bertz CT molecular complexity index is 1040. The van der Waals surface area contributed by atoms with Gasteiger partial charge in [-0.3, -0.25) is 9.10 Å². The molecule has 0 saturated carbocycles. The van der Waals surface area contributed by atoms with Crippen molar-refractivity contribution in [3.63, 3.8) is 0 Å². The SMILES string of the molecule is O=C(Nc1ccc(N2CCCS2(=O)=O)cc1)c1ccc2ncsc2c1. The van der Waals surface area contributed by atoms with Crippen LogP contribution in [0.3, 0.4) is 0 Å². The van der Waals surface area contributed by atoms with Crippen LogP contribution in [0.15, 0.2) is 48.0 Å². The molecule has 1 aliphatic rings. The van der Waals surface area contributed by atoms with Gasteiger partial charge >= 0.3 is 0 Å². The summed E-state index contributed by atoms with van der Waals surface area (Å²) in [5.41, 5.74) is 4.43. The van der Waals surface area contributed by atoms with E-state index in [0.717, 1.165) is 10.2 Å². The lowest BCUT2D eigenvalue weighted by Gasteiger charge is -2.17. The van der Waals surface area contributed by atoms with Crippen molar-refractivity contribution in [3.05, 3.63) is 53.5 Å². The predicted octanol–water partition coefficient (Wildman–Crippen LogP) is 3.09. The Morgan fingerprint density at radius 1 is 1.16 bits per heavy atom. The molecule has 1 N–H and O–H groups in total. The molecule has 128 valence electrons. The van der Waals surface area contributed by atoms with E-state index >= 15 is 0 Å². The molecule has 1 aromatic heterocycles. The number of hydrogen-bond acceptors (Lipinski definition) is 5. The van der Waals surface area contributed by atoms with Crippen LogP contribution in [0.2, 0.25) is 0 Å². The van der Waals surface area contributed by atoms with Crippen LogP contribution in [0.5, 0.6) is 0 Å². The molecule has 1 fully saturated rings. The van der Waals surface area contributed by atoms with Crippen LogP contribution in [-0.2, 0) is 10.0 Å². The Hall–Kier alpha value is -2.45. The van der Waals surface area contributed by atoms with Gasteiger partial charge in [-0.25, -0.2) is 13.4 Å². The Kier molecular flexibility index (Phi) is 3.93. The molecular weight excluding hydrogens is 358 g/mol. The number of nitrogens with one attached hydrogen (secondary N) is 1. The first kappa shape index (κ1) is 16.0. The van der Waals surface area contributed by atoms with Gasteiger partial charge in [-0.05, 0) is 48.9 Å². The molecule has 0 radical (unpaired) electrons. The predicted molar refractivity (Wildman–Crippen MR) is 99.8 cm³/mol. The Morgan fingerprint density at radius 2 is 1.96 bits per heavy atom. The van der Waals surface area contributed by atoms with Gasteiger partial charge in [0.1, 0.15) is 0 Å². The highest BCUT2D eigenvalue weighted by molar-refractivity contribution is 7.93. The number of sulfonamides is 1. The molecule has 1 amide bonds. The quantitative estimate of drug-likeness (QED) is 0.765. The number of aromatic nitrogens is 1. The average Bonchev–Trinajstić information content (AvgIpc) is 3.20. The lowest BCUT2D eigenvalue weighted by atomic mass is 10.2. The van der Waals surface area contributed by atoms with Gasteiger partial charge in [0.15, 0.2) is 0 Å². The van der Waals surface area contributed by atoms with Crippen LogP contribution in [0.4, 0.5) is 11.4 Å². The van der Waals surface area contributed by atoms with Crippen molar-refractivity contribution in [1.29, 1.82) is 0 Å². The average molecular weight is 373 g/mol. The van der Waals surface area contributed by atoms with Gasteiger partial charge in [0.25, 0.3) is 5.91 Å². The molecule has 0 unspecified atom stereocenters. The van der Waals surface area contributed by atoms with E-state index in [4.69, 9.17) is 0 Å². The molecule has 0 bridgehead atoms. The van der Waals surface area contributed by atoms with E-state index < -0.39 is 10.0 Å². The third-order valence-electron chi connectivity index (χ3n) is 4.11. The van der Waals surface area contributed by atoms with Gasteiger partial charge in [0, 0.05) is 17.8 Å². The lowest BCUT2D eigenvalue weighted by molar-refractivity contribution is 0.102. The second-order valence-electron chi connectivity index (χ2n) is 5.78. The Morgan fingerprint density at radius 3 is 2.68 bits per heavy atom. The van der Waals surface area contributed by atoms with Gasteiger partial charge in [-0.2, -0.15) is 0 Å². The molecule has 1 aliphatic heterocycles. The number of benzene rings is 2. The van der Waals surface area contributed by atoms with Crippen LogP contribution in [0.25, 0.3) is 10.2 Å². The highest BCUT2D eigenvalue weighted by Crippen LogP contribution is 2.26. The van der Waals surface area contributed by atoms with E-state index in [1.54, 1.807) is 35.8 Å². The Labute approximate surface area is 149 Å². The number of hydrogen-bond donors (Lipinski definition) is 1. The summed E-state index contributed by atoms with van der Waals surface area (Å²) in [5.74, 6) is -0.0252. The normalized spacial score (nSPS) is 16.2. The lowest BCUT2D eigenvalue weighted by Crippen LogP contribution is -2.24. The van der Waals surface area contributed by atoms with E-state index in [1.807, 2.05) is 12.1 Å². The number of nitrogens with zero attached hydrogens (tertiary/aromatic N) is 2. The standard InChI is InChI=1S/C17H15N3O3S2/c21-17(12-2-7-15-16(10-12)24-11-18-15)19-13-3-5-14(6-4-13)20-8-1-9-25(20,22)23/h2-7,10-11H,1,8-9H2,(H,19,21). The van der Waals surface area contributed by atoms with Crippen molar-refractivity contribution in [2.24, 2.45) is 0 Å². The van der Waals surface area contributed by atoms with Crippen molar-refractivity contribution < 1.29 is 13.2 Å². The van der Waals surface area contributed by atoms with Crippen molar-refractivity contribution in [3.8, 4) is 0 Å². The Balaban J connectivity index is 1.51. The zero-order valence-corrected chi connectivity index (χ0v) is 14.8. The maximum Gasteiger partial charge on any atom is 0.255 e. The minimum Gasteiger partial charge on any atom is -0.322 e. The summed E-state index contributed by atoms with van der Waals surface area (Å²) in [4.78, 5) is 16.6. The van der Waals surface area contributed by atoms with Crippen molar-refractivity contribution in [1.82, 2.24) is 4.98 Å². The molecule has 0 aliphatic carbocycles. The fourth-order valence-electron chi connectivity index (χ4n) is 2.84. The number of rotatable bonds is 3. The van der Waals surface area contributed by atoms with Crippen LogP contribution in [0, 0.1) is 0 Å². The topological polar surface area (TPSA) is 79.4 Å². The number of fused-ring (bicyclic) bond motifs is 1. The smallest absolute Gasteiger partial charge is 0.255 e. The van der Waals surface area contributed by atoms with Crippen LogP contribution in [0.1, 0.15) is 16.8 Å². The number of carbonyl (C=O) groups excluding carboxylic acids is 1. The molecule has 4 rings (SSSR count). The molecule has 0 spiro atoms. The molecule has 25 heavy (non-hydrogen) atoms. The highest BCUT2D eigenvalue weighted by atomic mass is 32.2. The van der Waals surface area contributed by atoms with Gasteiger partial charge in [-0.1, -0.05) is 0 Å². The number of carbonyl (C=O) groups is 1. The fraction of sp³-hybridized carbons (Fsp3) is 0.176. The minimum absolute atomic E-state index is 0.186. The summed E-state index contributed by atoms with van der Waals surface area (Å²) < 4.78 is 26.3. The summed E-state index contributed by atoms with van der Waals surface area (Å²) in [6, 6.07) is 12.2. The molecular formula is C17H15N3O3S2. The van der Waals surface area contributed by atoms with Crippen molar-refractivity contribution in [2.45, 2.75) is 6.42 Å². The first-order valence-corrected chi connectivity index (χ1v) is 10.3. The number of thiazole rings is 1. The van der Waals surface area contributed by atoms with Gasteiger partial charge < -0.3 is 5.32 Å². The maximum atomic E-state index is 12.4. The van der Waals surface area contributed by atoms with E-state index in [-0.39, 0.29) is 11.7 Å². The van der Waals surface area contributed by atoms with E-state index in [0.29, 0.717) is 29.9 Å². The maximum absolute atomic E-state index is 12.4. The highest BCUT2D eigenvalue weighted by Gasteiger charge is 2.28. The second-order valence-corrected chi connectivity index (χ2v) is 8.68. The second kappa shape index (κ2) is 6.12. The number of anilines is 2. The zero-order chi connectivity index (χ0) is 17.4. The first-order chi connectivity index (χ1) is 12.0. The molecule has 2 aromatic carbocycles. The van der Waals surface area contributed by atoms with Gasteiger partial charge in [0.2, 0.25) is 10.0 Å². The van der Waals surface area contributed by atoms with Crippen LogP contribution >= 0.6 is 11.3 Å². The van der Waals surface area contributed by atoms with Crippen molar-refractivity contribution in [2.75, 3.05) is 21.9 Å². The first-order valence-electron chi connectivity index (χ1n) is 7.78. The van der Waals surface area contributed by atoms with Crippen LogP contribution in [-0.4, -0.2) is 31.6 Å². The van der Waals surface area contributed by atoms with Crippen molar-refractivity contribution >= 4 is 48.9 Å². The minimum atomic E-state index is -3.19. The van der Waals surface area contributed by atoms with Crippen LogP contribution < -0.4 is 9.62 Å². The summed E-state index contributed by atoms with van der Waals surface area (Å²) in [5, 5.41) is 2.83. The fourth-order valence-corrected chi connectivity index (χ4v) is 5.12. The third-order valence-corrected chi connectivity index (χ3v) is 6.77. The largest absolute Gasteiger partial charge is 0.322 e. The molecule has 1 saturated heterocycles. The summed E-state index contributed by atoms with van der Waals surface area (Å²) in [6.45, 7) is 0.503. The van der Waals surface area contributed by atoms with E-state index in [2.05, 4.69) is 10.3 Å². The summed E-state index contributed by atoms with van der Waals surface area (Å²) >= 11 is 1.49. The molecule has 8 heteroatoms. The molecule has 3 aromatic rings.